The highest BCUT2D eigenvalue weighted by Crippen LogP contribution is 2.41. The van der Waals surface area contributed by atoms with Crippen LogP contribution in [0.15, 0.2) is 84.9 Å². The normalized spacial score (nSPS) is 11.0. The Labute approximate surface area is 188 Å². The molecule has 0 aromatic heterocycles. The van der Waals surface area contributed by atoms with Gasteiger partial charge in [-0.1, -0.05) is 42.5 Å². The molecule has 162 valence electrons. The van der Waals surface area contributed by atoms with E-state index in [9.17, 15) is 25.2 Å². The Morgan fingerprint density at radius 1 is 0.545 bits per heavy atom. The lowest BCUT2D eigenvalue weighted by Crippen LogP contribution is -2.10. The van der Waals surface area contributed by atoms with E-state index >= 15 is 0 Å². The van der Waals surface area contributed by atoms with Crippen LogP contribution in [0.5, 0.6) is 28.7 Å². The van der Waals surface area contributed by atoms with Crippen LogP contribution in [0.25, 0.3) is 32.7 Å². The van der Waals surface area contributed by atoms with Crippen molar-refractivity contribution in [2.45, 2.75) is 0 Å². The van der Waals surface area contributed by atoms with Gasteiger partial charge in [0, 0.05) is 16.2 Å². The van der Waals surface area contributed by atoms with Crippen molar-refractivity contribution in [3.05, 3.63) is 90.5 Å². The molecule has 0 saturated carbocycles. The van der Waals surface area contributed by atoms with Crippen molar-refractivity contribution in [1.82, 2.24) is 0 Å². The zero-order valence-corrected chi connectivity index (χ0v) is 17.2. The summed E-state index contributed by atoms with van der Waals surface area (Å²) in [6, 6.07) is 22.2. The zero-order chi connectivity index (χ0) is 23.1. The lowest BCUT2D eigenvalue weighted by atomic mass is 9.93. The molecule has 0 saturated heterocycles. The highest BCUT2D eigenvalue weighted by atomic mass is 16.5. The SMILES string of the molecule is O=C(Oc1ccc(O)c2cccc(O)c12)c1ccccc1-c1ccc(O)c2cccc(O)c12. The van der Waals surface area contributed by atoms with E-state index in [-0.39, 0.29) is 39.7 Å². The molecule has 6 heteroatoms. The first-order valence-electron chi connectivity index (χ1n) is 10.1. The Morgan fingerprint density at radius 3 is 1.88 bits per heavy atom. The molecule has 0 unspecified atom stereocenters. The van der Waals surface area contributed by atoms with Gasteiger partial charge in [0.05, 0.1) is 10.9 Å². The van der Waals surface area contributed by atoms with Gasteiger partial charge in [-0.3, -0.25) is 0 Å². The fraction of sp³-hybridized carbons (Fsp3) is 0. The van der Waals surface area contributed by atoms with Crippen molar-refractivity contribution in [1.29, 1.82) is 0 Å². The number of aromatic hydroxyl groups is 4. The van der Waals surface area contributed by atoms with Gasteiger partial charge in [0.15, 0.2) is 0 Å². The van der Waals surface area contributed by atoms with Crippen LogP contribution >= 0.6 is 0 Å². The van der Waals surface area contributed by atoms with Gasteiger partial charge in [0.1, 0.15) is 28.7 Å². The van der Waals surface area contributed by atoms with Crippen molar-refractivity contribution in [3.63, 3.8) is 0 Å². The minimum Gasteiger partial charge on any atom is -0.507 e. The van der Waals surface area contributed by atoms with Gasteiger partial charge in [0.25, 0.3) is 0 Å². The standard InChI is InChI=1S/C27H18O6/c28-20-12-11-16(25-18(20)7-3-9-22(25)30)15-5-1-2-6-17(15)27(32)33-24-14-13-21(29)19-8-4-10-23(31)26(19)24/h1-14,28-31H. The predicted molar refractivity (Wildman–Crippen MR) is 125 cm³/mol. The molecule has 0 aliphatic carbocycles. The third kappa shape index (κ3) is 3.34. The summed E-state index contributed by atoms with van der Waals surface area (Å²) in [5, 5.41) is 42.6. The van der Waals surface area contributed by atoms with Gasteiger partial charge in [-0.2, -0.15) is 0 Å². The van der Waals surface area contributed by atoms with Crippen LogP contribution in [0, 0.1) is 0 Å². The van der Waals surface area contributed by atoms with Crippen LogP contribution in [0.4, 0.5) is 0 Å². The average molecular weight is 438 g/mol. The number of ether oxygens (including phenoxy) is 1. The molecule has 5 aromatic rings. The molecule has 33 heavy (non-hydrogen) atoms. The molecule has 0 fully saturated rings. The summed E-state index contributed by atoms with van der Waals surface area (Å²) in [6.45, 7) is 0. The van der Waals surface area contributed by atoms with Crippen molar-refractivity contribution >= 4 is 27.5 Å². The van der Waals surface area contributed by atoms with Gasteiger partial charge in [-0.25, -0.2) is 4.79 Å². The zero-order valence-electron chi connectivity index (χ0n) is 17.2. The summed E-state index contributed by atoms with van der Waals surface area (Å²) in [5.74, 6) is -0.788. The summed E-state index contributed by atoms with van der Waals surface area (Å²) in [4.78, 5) is 13.3. The van der Waals surface area contributed by atoms with E-state index in [1.807, 2.05) is 0 Å². The Bertz CT molecular complexity index is 1550. The molecule has 0 aliphatic heterocycles. The largest absolute Gasteiger partial charge is 0.507 e. The number of rotatable bonds is 3. The molecule has 0 spiro atoms. The van der Waals surface area contributed by atoms with E-state index in [1.54, 1.807) is 54.6 Å². The van der Waals surface area contributed by atoms with Crippen molar-refractivity contribution in [2.24, 2.45) is 0 Å². The first kappa shape index (κ1) is 20.2. The predicted octanol–water partition coefficient (Wildman–Crippen LogP) is 5.70. The van der Waals surface area contributed by atoms with Gasteiger partial charge in [-0.15, -0.1) is 0 Å². The van der Waals surface area contributed by atoms with Crippen LogP contribution in [0.2, 0.25) is 0 Å². The van der Waals surface area contributed by atoms with Gasteiger partial charge in [-0.05, 0) is 53.6 Å². The second-order valence-electron chi connectivity index (χ2n) is 7.55. The first-order chi connectivity index (χ1) is 16.0. The van der Waals surface area contributed by atoms with Crippen LogP contribution < -0.4 is 4.74 Å². The first-order valence-corrected chi connectivity index (χ1v) is 10.1. The minimum atomic E-state index is -0.683. The van der Waals surface area contributed by atoms with Crippen molar-refractivity contribution in [2.75, 3.05) is 0 Å². The molecule has 0 aliphatic rings. The Morgan fingerprint density at radius 2 is 1.15 bits per heavy atom. The number of carbonyl (C=O) groups is 1. The Hall–Kier alpha value is -4.71. The molecule has 0 radical (unpaired) electrons. The highest BCUT2D eigenvalue weighted by Gasteiger charge is 2.20. The molecule has 0 atom stereocenters. The summed E-state index contributed by atoms with van der Waals surface area (Å²) >= 11 is 0. The van der Waals surface area contributed by atoms with Crippen LogP contribution in [0.1, 0.15) is 10.4 Å². The number of phenolic OH excluding ortho intramolecular Hbond substituents is 4. The number of carbonyl (C=O) groups excluding carboxylic acids is 1. The Balaban J connectivity index is 1.65. The topological polar surface area (TPSA) is 107 Å². The average Bonchev–Trinajstić information content (AvgIpc) is 2.82. The maximum absolute atomic E-state index is 13.3. The van der Waals surface area contributed by atoms with Crippen LogP contribution in [-0.2, 0) is 0 Å². The Kier molecular flexibility index (Phi) is 4.75. The third-order valence-corrected chi connectivity index (χ3v) is 5.59. The van der Waals surface area contributed by atoms with Gasteiger partial charge < -0.3 is 25.2 Å². The molecule has 5 aromatic carbocycles. The van der Waals surface area contributed by atoms with E-state index in [4.69, 9.17) is 4.74 Å². The monoisotopic (exact) mass is 438 g/mol. The second-order valence-corrected chi connectivity index (χ2v) is 7.55. The third-order valence-electron chi connectivity index (χ3n) is 5.59. The molecular formula is C27H18O6. The minimum absolute atomic E-state index is 0.00995. The number of hydrogen-bond donors (Lipinski definition) is 4. The smallest absolute Gasteiger partial charge is 0.344 e. The van der Waals surface area contributed by atoms with E-state index < -0.39 is 5.97 Å². The second kappa shape index (κ2) is 7.76. The fourth-order valence-corrected chi connectivity index (χ4v) is 4.07. The quantitative estimate of drug-likeness (QED) is 0.213. The molecule has 4 N–H and O–H groups in total. The summed E-state index contributed by atoms with van der Waals surface area (Å²) in [5.41, 5.74) is 1.28. The van der Waals surface area contributed by atoms with Gasteiger partial charge >= 0.3 is 5.97 Å². The molecule has 0 bridgehead atoms. The number of benzene rings is 5. The summed E-state index contributed by atoms with van der Waals surface area (Å²) in [7, 11) is 0. The number of fused-ring (bicyclic) bond motifs is 2. The van der Waals surface area contributed by atoms with Gasteiger partial charge in [0.2, 0.25) is 0 Å². The van der Waals surface area contributed by atoms with E-state index in [0.29, 0.717) is 27.3 Å². The lowest BCUT2D eigenvalue weighted by molar-refractivity contribution is 0.0737. The van der Waals surface area contributed by atoms with E-state index in [1.165, 1.54) is 30.3 Å². The number of hydrogen-bond acceptors (Lipinski definition) is 6. The van der Waals surface area contributed by atoms with E-state index in [0.717, 1.165) is 0 Å². The summed E-state index contributed by atoms with van der Waals surface area (Å²) < 4.78 is 5.66. The molecule has 6 nitrogen and oxygen atoms in total. The fourth-order valence-electron chi connectivity index (χ4n) is 4.07. The maximum atomic E-state index is 13.3. The van der Waals surface area contributed by atoms with E-state index in [2.05, 4.69) is 0 Å². The molecule has 0 heterocycles. The van der Waals surface area contributed by atoms with Crippen LogP contribution in [-0.4, -0.2) is 26.4 Å². The molecular weight excluding hydrogens is 420 g/mol. The number of phenols is 4. The maximum Gasteiger partial charge on any atom is 0.344 e. The summed E-state index contributed by atoms with van der Waals surface area (Å²) in [6.07, 6.45) is 0. The van der Waals surface area contributed by atoms with Crippen LogP contribution in [0.3, 0.4) is 0 Å². The van der Waals surface area contributed by atoms with Crippen molar-refractivity contribution < 1.29 is 30.0 Å². The highest BCUT2D eigenvalue weighted by molar-refractivity contribution is 6.09. The lowest BCUT2D eigenvalue weighted by Gasteiger charge is -2.15. The number of esters is 1. The molecule has 0 amide bonds. The van der Waals surface area contributed by atoms with Crippen molar-refractivity contribution in [3.8, 4) is 39.9 Å². The molecule has 5 rings (SSSR count).